The van der Waals surface area contributed by atoms with Crippen molar-refractivity contribution in [3.8, 4) is 0 Å². The summed E-state index contributed by atoms with van der Waals surface area (Å²) in [5, 5.41) is 0.411. The largest absolute Gasteiger partial charge is 0.327 e. The molecule has 1 aromatic carbocycles. The lowest BCUT2D eigenvalue weighted by Gasteiger charge is -2.26. The highest BCUT2D eigenvalue weighted by Gasteiger charge is 2.23. The molecule has 0 saturated carbocycles. The molecule has 4 heteroatoms. The highest BCUT2D eigenvalue weighted by atomic mass is 35.5. The zero-order chi connectivity index (χ0) is 13.9. The summed E-state index contributed by atoms with van der Waals surface area (Å²) in [6.07, 6.45) is 0.400. The predicted octanol–water partition coefficient (Wildman–Crippen LogP) is 3.35. The summed E-state index contributed by atoms with van der Waals surface area (Å²) in [5.74, 6) is -0.410. The normalized spacial score (nSPS) is 13.4. The number of benzene rings is 1. The van der Waals surface area contributed by atoms with Crippen molar-refractivity contribution in [2.75, 3.05) is 0 Å². The van der Waals surface area contributed by atoms with Crippen LogP contribution in [0.2, 0.25) is 5.02 Å². The molecular weight excluding hydrogens is 253 g/mol. The third kappa shape index (κ3) is 4.39. The first-order valence-electron chi connectivity index (χ1n) is 5.91. The first-order chi connectivity index (χ1) is 8.20. The molecule has 1 aromatic rings. The molecule has 0 aliphatic rings. The second-order valence-corrected chi connectivity index (χ2v) is 6.04. The van der Waals surface area contributed by atoms with Crippen molar-refractivity contribution in [3.05, 3.63) is 34.6 Å². The van der Waals surface area contributed by atoms with Crippen LogP contribution >= 0.6 is 11.6 Å². The third-order valence-electron chi connectivity index (χ3n) is 2.96. The average molecular weight is 272 g/mol. The molecule has 100 valence electrons. The van der Waals surface area contributed by atoms with E-state index in [1.165, 1.54) is 18.2 Å². The molecule has 1 unspecified atom stereocenters. The summed E-state index contributed by atoms with van der Waals surface area (Å²) >= 11 is 5.92. The van der Waals surface area contributed by atoms with Gasteiger partial charge in [0.2, 0.25) is 0 Å². The molecule has 1 rings (SSSR count). The Labute approximate surface area is 112 Å². The van der Waals surface area contributed by atoms with E-state index in [1.54, 1.807) is 0 Å². The monoisotopic (exact) mass is 271 g/mol. The van der Waals surface area contributed by atoms with Gasteiger partial charge in [-0.2, -0.15) is 0 Å². The molecule has 0 spiro atoms. The SMILES string of the molecule is CC(C)(C)C(N)CC(=O)Cc1cc(F)ccc1Cl. The van der Waals surface area contributed by atoms with E-state index >= 15 is 0 Å². The smallest absolute Gasteiger partial charge is 0.138 e. The minimum Gasteiger partial charge on any atom is -0.327 e. The summed E-state index contributed by atoms with van der Waals surface area (Å²) in [7, 11) is 0. The highest BCUT2D eigenvalue weighted by Crippen LogP contribution is 2.22. The van der Waals surface area contributed by atoms with Gasteiger partial charge in [-0.1, -0.05) is 32.4 Å². The minimum absolute atomic E-state index is 0.0232. The molecule has 2 nitrogen and oxygen atoms in total. The van der Waals surface area contributed by atoms with Crippen molar-refractivity contribution in [1.29, 1.82) is 0 Å². The van der Waals surface area contributed by atoms with E-state index in [4.69, 9.17) is 17.3 Å². The zero-order valence-corrected chi connectivity index (χ0v) is 11.7. The highest BCUT2D eigenvalue weighted by molar-refractivity contribution is 6.31. The van der Waals surface area contributed by atoms with Gasteiger partial charge in [0.05, 0.1) is 0 Å². The quantitative estimate of drug-likeness (QED) is 0.913. The van der Waals surface area contributed by atoms with Crippen LogP contribution in [-0.2, 0) is 11.2 Å². The number of hydrogen-bond donors (Lipinski definition) is 1. The molecule has 1 atom stereocenters. The third-order valence-corrected chi connectivity index (χ3v) is 3.32. The molecule has 0 bridgehead atoms. The molecule has 0 saturated heterocycles. The Balaban J connectivity index is 2.68. The number of Topliss-reactive ketones (excluding diaryl/α,β-unsaturated/α-hetero) is 1. The molecule has 0 radical (unpaired) electrons. The van der Waals surface area contributed by atoms with Gasteiger partial charge in [0, 0.05) is 23.9 Å². The Morgan fingerprint density at radius 1 is 1.44 bits per heavy atom. The number of ketones is 1. The maximum atomic E-state index is 13.1. The van der Waals surface area contributed by atoms with Crippen LogP contribution in [-0.4, -0.2) is 11.8 Å². The van der Waals surface area contributed by atoms with Crippen molar-refractivity contribution in [2.45, 2.75) is 39.7 Å². The molecular formula is C14H19ClFNO. The molecule has 18 heavy (non-hydrogen) atoms. The summed E-state index contributed by atoms with van der Waals surface area (Å²) in [5.41, 5.74) is 6.34. The lowest BCUT2D eigenvalue weighted by atomic mass is 9.84. The summed E-state index contributed by atoms with van der Waals surface area (Å²) in [4.78, 5) is 11.9. The van der Waals surface area contributed by atoms with Crippen molar-refractivity contribution >= 4 is 17.4 Å². The van der Waals surface area contributed by atoms with E-state index in [0.29, 0.717) is 10.6 Å². The maximum absolute atomic E-state index is 13.1. The van der Waals surface area contributed by atoms with Crippen LogP contribution < -0.4 is 5.73 Å². The van der Waals surface area contributed by atoms with Crippen molar-refractivity contribution in [3.63, 3.8) is 0 Å². The van der Waals surface area contributed by atoms with Crippen molar-refractivity contribution < 1.29 is 9.18 Å². The predicted molar refractivity (Wildman–Crippen MR) is 72.2 cm³/mol. The van der Waals surface area contributed by atoms with Crippen LogP contribution in [0.5, 0.6) is 0 Å². The van der Waals surface area contributed by atoms with Gasteiger partial charge in [0.1, 0.15) is 11.6 Å². The van der Waals surface area contributed by atoms with Gasteiger partial charge >= 0.3 is 0 Å². The lowest BCUT2D eigenvalue weighted by Crippen LogP contribution is -2.37. The van der Waals surface area contributed by atoms with Crippen LogP contribution in [0.4, 0.5) is 4.39 Å². The Bertz CT molecular complexity index is 440. The number of rotatable bonds is 4. The van der Waals surface area contributed by atoms with E-state index in [1.807, 2.05) is 20.8 Å². The van der Waals surface area contributed by atoms with Gasteiger partial charge in [0.15, 0.2) is 0 Å². The van der Waals surface area contributed by atoms with Crippen molar-refractivity contribution in [2.24, 2.45) is 11.1 Å². The molecule has 0 aliphatic carbocycles. The molecule has 0 aliphatic heterocycles. The van der Waals surface area contributed by atoms with Gasteiger partial charge in [-0.05, 0) is 29.2 Å². The molecule has 0 aromatic heterocycles. The first kappa shape index (κ1) is 15.1. The molecule has 0 heterocycles. The molecule has 0 amide bonds. The van der Waals surface area contributed by atoms with Gasteiger partial charge in [0.25, 0.3) is 0 Å². The second-order valence-electron chi connectivity index (χ2n) is 5.63. The van der Waals surface area contributed by atoms with Crippen LogP contribution in [0.15, 0.2) is 18.2 Å². The maximum Gasteiger partial charge on any atom is 0.138 e. The van der Waals surface area contributed by atoms with Gasteiger partial charge < -0.3 is 5.73 Å². The first-order valence-corrected chi connectivity index (χ1v) is 6.29. The average Bonchev–Trinajstić information content (AvgIpc) is 2.22. The zero-order valence-electron chi connectivity index (χ0n) is 11.0. The van der Waals surface area contributed by atoms with Crippen LogP contribution in [0.25, 0.3) is 0 Å². The fraction of sp³-hybridized carbons (Fsp3) is 0.500. The summed E-state index contributed by atoms with van der Waals surface area (Å²) < 4.78 is 13.1. The standard InChI is InChI=1S/C14H19ClFNO/c1-14(2,3)13(17)8-11(18)7-9-6-10(16)4-5-12(9)15/h4-6,13H,7-8,17H2,1-3H3. The Morgan fingerprint density at radius 3 is 2.61 bits per heavy atom. The fourth-order valence-electron chi connectivity index (χ4n) is 1.51. The van der Waals surface area contributed by atoms with Crippen LogP contribution in [0.1, 0.15) is 32.8 Å². The number of carbonyl (C=O) groups excluding carboxylic acids is 1. The topological polar surface area (TPSA) is 43.1 Å². The number of hydrogen-bond acceptors (Lipinski definition) is 2. The molecule has 0 fully saturated rings. The number of carbonyl (C=O) groups is 1. The number of nitrogens with two attached hydrogens (primary N) is 1. The fourth-order valence-corrected chi connectivity index (χ4v) is 1.70. The van der Waals surface area contributed by atoms with E-state index in [0.717, 1.165) is 0 Å². The van der Waals surface area contributed by atoms with E-state index < -0.39 is 0 Å². The summed E-state index contributed by atoms with van der Waals surface area (Å²) in [6, 6.07) is 3.82. The lowest BCUT2D eigenvalue weighted by molar-refractivity contribution is -0.119. The van der Waals surface area contributed by atoms with E-state index in [9.17, 15) is 9.18 Å². The van der Waals surface area contributed by atoms with E-state index in [-0.39, 0.29) is 35.9 Å². The van der Waals surface area contributed by atoms with Gasteiger partial charge in [-0.25, -0.2) is 4.39 Å². The Hall–Kier alpha value is -0.930. The van der Waals surface area contributed by atoms with Crippen molar-refractivity contribution in [1.82, 2.24) is 0 Å². The minimum atomic E-state index is -0.387. The van der Waals surface area contributed by atoms with Gasteiger partial charge in [-0.3, -0.25) is 4.79 Å². The molecule has 2 N–H and O–H groups in total. The van der Waals surface area contributed by atoms with Crippen LogP contribution in [0, 0.1) is 11.2 Å². The summed E-state index contributed by atoms with van der Waals surface area (Å²) in [6.45, 7) is 5.96. The number of halogens is 2. The van der Waals surface area contributed by atoms with Crippen LogP contribution in [0.3, 0.4) is 0 Å². The Kier molecular flexibility index (Phi) is 4.88. The van der Waals surface area contributed by atoms with Gasteiger partial charge in [-0.15, -0.1) is 0 Å². The second kappa shape index (κ2) is 5.81. The Morgan fingerprint density at radius 2 is 2.06 bits per heavy atom. The van der Waals surface area contributed by atoms with E-state index in [2.05, 4.69) is 0 Å².